The summed E-state index contributed by atoms with van der Waals surface area (Å²) in [6, 6.07) is 0. The molecule has 1 aliphatic heterocycles. The fourth-order valence-corrected chi connectivity index (χ4v) is 2.21. The molecule has 1 atom stereocenters. The Morgan fingerprint density at radius 1 is 1.38 bits per heavy atom. The molecule has 0 aromatic heterocycles. The van der Waals surface area contributed by atoms with E-state index in [0.717, 1.165) is 6.42 Å². The SMILES string of the molecule is CCCOCC(=O)N(C)CC(=O)N1CCCC(C(=O)O)C1. The quantitative estimate of drug-likeness (QED) is 0.678. The highest BCUT2D eigenvalue weighted by atomic mass is 16.5. The Labute approximate surface area is 124 Å². The van der Waals surface area contributed by atoms with Crippen LogP contribution in [0.15, 0.2) is 0 Å². The van der Waals surface area contributed by atoms with Crippen LogP contribution in [0.2, 0.25) is 0 Å². The number of likely N-dealkylation sites (N-methyl/N-ethyl adjacent to an activating group) is 1. The maximum Gasteiger partial charge on any atom is 0.308 e. The molecule has 0 radical (unpaired) electrons. The number of carboxylic acids is 1. The molecule has 1 heterocycles. The highest BCUT2D eigenvalue weighted by Crippen LogP contribution is 2.16. The van der Waals surface area contributed by atoms with Crippen LogP contribution < -0.4 is 0 Å². The van der Waals surface area contributed by atoms with Crippen molar-refractivity contribution in [1.29, 1.82) is 0 Å². The van der Waals surface area contributed by atoms with Gasteiger partial charge < -0.3 is 19.6 Å². The summed E-state index contributed by atoms with van der Waals surface area (Å²) in [5, 5.41) is 9.01. The van der Waals surface area contributed by atoms with Crippen molar-refractivity contribution in [2.75, 3.05) is 39.9 Å². The lowest BCUT2D eigenvalue weighted by atomic mass is 9.98. The number of amides is 2. The van der Waals surface area contributed by atoms with Gasteiger partial charge in [-0.2, -0.15) is 0 Å². The molecule has 0 saturated carbocycles. The van der Waals surface area contributed by atoms with Gasteiger partial charge in [-0.1, -0.05) is 6.92 Å². The predicted molar refractivity (Wildman–Crippen MR) is 75.7 cm³/mol. The first-order valence-electron chi connectivity index (χ1n) is 7.28. The Hall–Kier alpha value is -1.63. The van der Waals surface area contributed by atoms with E-state index in [1.54, 1.807) is 7.05 Å². The zero-order valence-corrected chi connectivity index (χ0v) is 12.7. The molecule has 0 aliphatic carbocycles. The molecule has 1 fully saturated rings. The third kappa shape index (κ3) is 5.71. The number of carboxylic acid groups (broad SMARTS) is 1. The minimum absolute atomic E-state index is 0.0324. The average Bonchev–Trinajstić information content (AvgIpc) is 2.47. The van der Waals surface area contributed by atoms with Crippen LogP contribution in [-0.4, -0.2) is 72.6 Å². The van der Waals surface area contributed by atoms with Crippen LogP contribution in [0.5, 0.6) is 0 Å². The van der Waals surface area contributed by atoms with E-state index in [9.17, 15) is 14.4 Å². The molecule has 1 saturated heterocycles. The first-order chi connectivity index (χ1) is 9.95. The Balaban J connectivity index is 2.41. The lowest BCUT2D eigenvalue weighted by molar-refractivity contribution is -0.148. The zero-order chi connectivity index (χ0) is 15.8. The Morgan fingerprint density at radius 3 is 2.71 bits per heavy atom. The minimum atomic E-state index is -0.870. The van der Waals surface area contributed by atoms with Gasteiger partial charge in [0.25, 0.3) is 0 Å². The number of ether oxygens (including phenoxy) is 1. The first-order valence-corrected chi connectivity index (χ1v) is 7.28. The maximum atomic E-state index is 12.1. The van der Waals surface area contributed by atoms with Crippen LogP contribution in [0, 0.1) is 5.92 Å². The van der Waals surface area contributed by atoms with Crippen molar-refractivity contribution in [2.24, 2.45) is 5.92 Å². The summed E-state index contributed by atoms with van der Waals surface area (Å²) < 4.78 is 5.15. The molecule has 0 spiro atoms. The molecule has 120 valence electrons. The van der Waals surface area contributed by atoms with Gasteiger partial charge in [0.05, 0.1) is 12.5 Å². The lowest BCUT2D eigenvalue weighted by Crippen LogP contribution is -2.47. The summed E-state index contributed by atoms with van der Waals surface area (Å²) in [6.45, 7) is 3.17. The van der Waals surface area contributed by atoms with Crippen molar-refractivity contribution in [1.82, 2.24) is 9.80 Å². The Morgan fingerprint density at radius 2 is 2.10 bits per heavy atom. The number of carbonyl (C=O) groups is 3. The van der Waals surface area contributed by atoms with Gasteiger partial charge in [0.15, 0.2) is 0 Å². The van der Waals surface area contributed by atoms with E-state index in [1.165, 1.54) is 9.80 Å². The van der Waals surface area contributed by atoms with Gasteiger partial charge in [-0.05, 0) is 19.3 Å². The molecule has 1 aliphatic rings. The van der Waals surface area contributed by atoms with Crippen LogP contribution in [-0.2, 0) is 19.1 Å². The van der Waals surface area contributed by atoms with Crippen molar-refractivity contribution in [2.45, 2.75) is 26.2 Å². The van der Waals surface area contributed by atoms with E-state index in [1.807, 2.05) is 6.92 Å². The molecule has 7 nitrogen and oxygen atoms in total. The number of aliphatic carboxylic acids is 1. The minimum Gasteiger partial charge on any atom is -0.481 e. The second kappa shape index (κ2) is 8.61. The number of likely N-dealkylation sites (tertiary alicyclic amines) is 1. The van der Waals surface area contributed by atoms with Crippen molar-refractivity contribution in [3.63, 3.8) is 0 Å². The molecule has 1 rings (SSSR count). The summed E-state index contributed by atoms with van der Waals surface area (Å²) in [4.78, 5) is 37.7. The monoisotopic (exact) mass is 300 g/mol. The molecule has 0 bridgehead atoms. The molecule has 7 heteroatoms. The number of carbonyl (C=O) groups excluding carboxylic acids is 2. The van der Waals surface area contributed by atoms with E-state index in [2.05, 4.69) is 0 Å². The van der Waals surface area contributed by atoms with Gasteiger partial charge in [-0.3, -0.25) is 14.4 Å². The van der Waals surface area contributed by atoms with Crippen LogP contribution >= 0.6 is 0 Å². The van der Waals surface area contributed by atoms with Crippen molar-refractivity contribution in [3.05, 3.63) is 0 Å². The van der Waals surface area contributed by atoms with Gasteiger partial charge in [-0.15, -0.1) is 0 Å². The largest absolute Gasteiger partial charge is 0.481 e. The average molecular weight is 300 g/mol. The van der Waals surface area contributed by atoms with Crippen molar-refractivity contribution < 1.29 is 24.2 Å². The number of rotatable bonds is 7. The summed E-state index contributed by atoms with van der Waals surface area (Å²) in [5.41, 5.74) is 0. The standard InChI is InChI=1S/C14H24N2O5/c1-3-7-21-10-13(18)15(2)9-12(17)16-6-4-5-11(8-16)14(19)20/h11H,3-10H2,1-2H3,(H,19,20). The normalized spacial score (nSPS) is 18.4. The van der Waals surface area contributed by atoms with E-state index in [0.29, 0.717) is 26.0 Å². The molecular weight excluding hydrogens is 276 g/mol. The predicted octanol–water partition coefficient (Wildman–Crippen LogP) is 0.195. The van der Waals surface area contributed by atoms with Crippen molar-refractivity contribution in [3.8, 4) is 0 Å². The van der Waals surface area contributed by atoms with Crippen LogP contribution in [0.25, 0.3) is 0 Å². The zero-order valence-electron chi connectivity index (χ0n) is 12.7. The molecule has 0 aromatic carbocycles. The number of piperidine rings is 1. The fourth-order valence-electron chi connectivity index (χ4n) is 2.21. The second-order valence-corrected chi connectivity index (χ2v) is 5.32. The summed E-state index contributed by atoms with van der Waals surface area (Å²) >= 11 is 0. The van der Waals surface area contributed by atoms with Gasteiger partial charge in [0, 0.05) is 26.7 Å². The fraction of sp³-hybridized carbons (Fsp3) is 0.786. The molecule has 2 amide bonds. The van der Waals surface area contributed by atoms with Crippen LogP contribution in [0.1, 0.15) is 26.2 Å². The van der Waals surface area contributed by atoms with E-state index in [-0.39, 0.29) is 31.5 Å². The first kappa shape index (κ1) is 17.4. The van der Waals surface area contributed by atoms with Gasteiger partial charge in [-0.25, -0.2) is 0 Å². The molecule has 0 aromatic rings. The Bertz CT molecular complexity index is 386. The maximum absolute atomic E-state index is 12.1. The number of nitrogens with zero attached hydrogens (tertiary/aromatic N) is 2. The van der Waals surface area contributed by atoms with E-state index >= 15 is 0 Å². The highest BCUT2D eigenvalue weighted by molar-refractivity contribution is 5.85. The molecular formula is C14H24N2O5. The number of hydrogen-bond acceptors (Lipinski definition) is 4. The highest BCUT2D eigenvalue weighted by Gasteiger charge is 2.28. The van der Waals surface area contributed by atoms with E-state index < -0.39 is 11.9 Å². The van der Waals surface area contributed by atoms with Crippen molar-refractivity contribution >= 4 is 17.8 Å². The second-order valence-electron chi connectivity index (χ2n) is 5.32. The van der Waals surface area contributed by atoms with E-state index in [4.69, 9.17) is 9.84 Å². The summed E-state index contributed by atoms with van der Waals surface area (Å²) in [7, 11) is 1.55. The third-order valence-electron chi connectivity index (χ3n) is 3.50. The summed E-state index contributed by atoms with van der Waals surface area (Å²) in [6.07, 6.45) is 2.11. The van der Waals surface area contributed by atoms with Gasteiger partial charge in [0.1, 0.15) is 6.61 Å². The molecule has 1 N–H and O–H groups in total. The third-order valence-corrected chi connectivity index (χ3v) is 3.50. The summed E-state index contributed by atoms with van der Waals surface area (Å²) in [5.74, 6) is -1.84. The smallest absolute Gasteiger partial charge is 0.308 e. The van der Waals surface area contributed by atoms with Gasteiger partial charge >= 0.3 is 5.97 Å². The number of hydrogen-bond donors (Lipinski definition) is 1. The van der Waals surface area contributed by atoms with Gasteiger partial charge in [0.2, 0.25) is 11.8 Å². The Kier molecular flexibility index (Phi) is 7.14. The van der Waals surface area contributed by atoms with Crippen LogP contribution in [0.3, 0.4) is 0 Å². The molecule has 21 heavy (non-hydrogen) atoms. The molecule has 1 unspecified atom stereocenters. The lowest BCUT2D eigenvalue weighted by Gasteiger charge is -2.32. The topological polar surface area (TPSA) is 87.2 Å². The van der Waals surface area contributed by atoms with Crippen LogP contribution in [0.4, 0.5) is 0 Å².